The van der Waals surface area contributed by atoms with Gasteiger partial charge in [0.05, 0.1) is 22.9 Å². The van der Waals surface area contributed by atoms with Gasteiger partial charge in [0.1, 0.15) is 0 Å². The number of sulfone groups is 1. The lowest BCUT2D eigenvalue weighted by atomic mass is 10.4. The highest BCUT2D eigenvalue weighted by atomic mass is 32.2. The minimum Gasteiger partial charge on any atom is -0.392 e. The molecule has 1 aliphatic heterocycles. The first-order valence-electron chi connectivity index (χ1n) is 5.80. The maximum atomic E-state index is 11.8. The molecule has 0 saturated carbocycles. The van der Waals surface area contributed by atoms with E-state index in [0.29, 0.717) is 13.1 Å². The average Bonchev–Trinajstić information content (AvgIpc) is 2.58. The number of nitrogens with one attached hydrogen (secondary N) is 2. The van der Waals surface area contributed by atoms with Crippen molar-refractivity contribution in [2.75, 3.05) is 31.1 Å². The van der Waals surface area contributed by atoms with E-state index in [1.807, 2.05) is 0 Å². The van der Waals surface area contributed by atoms with Crippen LogP contribution in [0.4, 0.5) is 0 Å². The molecule has 7 nitrogen and oxygen atoms in total. The molecule has 1 saturated heterocycles. The summed E-state index contributed by atoms with van der Waals surface area (Å²) in [6, 6.07) is 0. The number of sulfonamides is 1. The first kappa shape index (κ1) is 15.8. The Balaban J connectivity index is 2.33. The predicted molar refractivity (Wildman–Crippen MR) is 68.5 cm³/mol. The molecule has 0 aromatic rings. The molecule has 1 fully saturated rings. The Labute approximate surface area is 108 Å². The van der Waals surface area contributed by atoms with Crippen LogP contribution >= 0.6 is 0 Å². The van der Waals surface area contributed by atoms with Crippen molar-refractivity contribution in [1.82, 2.24) is 10.0 Å². The van der Waals surface area contributed by atoms with E-state index in [9.17, 15) is 16.8 Å². The van der Waals surface area contributed by atoms with E-state index in [1.54, 1.807) is 6.92 Å². The molecule has 3 N–H and O–H groups in total. The van der Waals surface area contributed by atoms with Crippen LogP contribution in [-0.4, -0.2) is 64.4 Å². The second-order valence-corrected chi connectivity index (χ2v) is 8.79. The van der Waals surface area contributed by atoms with Crippen molar-refractivity contribution >= 4 is 19.9 Å². The van der Waals surface area contributed by atoms with Crippen LogP contribution in [0.3, 0.4) is 0 Å². The van der Waals surface area contributed by atoms with E-state index < -0.39 is 31.2 Å². The van der Waals surface area contributed by atoms with Crippen molar-refractivity contribution in [3.8, 4) is 0 Å². The third kappa shape index (κ3) is 5.19. The Morgan fingerprint density at radius 2 is 2.06 bits per heavy atom. The van der Waals surface area contributed by atoms with Gasteiger partial charge >= 0.3 is 0 Å². The summed E-state index contributed by atoms with van der Waals surface area (Å²) in [5, 5.41) is 11.0. The summed E-state index contributed by atoms with van der Waals surface area (Å²) in [6.07, 6.45) is -0.319. The highest BCUT2D eigenvalue weighted by Gasteiger charge is 2.36. The zero-order valence-corrected chi connectivity index (χ0v) is 11.9. The normalized spacial score (nSPS) is 25.1. The largest absolute Gasteiger partial charge is 0.392 e. The Morgan fingerprint density at radius 3 is 2.56 bits per heavy atom. The summed E-state index contributed by atoms with van der Waals surface area (Å²) in [4.78, 5) is 0. The van der Waals surface area contributed by atoms with Crippen molar-refractivity contribution in [1.29, 1.82) is 0 Å². The van der Waals surface area contributed by atoms with Crippen molar-refractivity contribution in [3.05, 3.63) is 0 Å². The molecule has 0 radical (unpaired) electrons. The maximum absolute atomic E-state index is 11.8. The number of rotatable bonds is 7. The number of aliphatic hydroxyl groups is 1. The molecule has 1 rings (SSSR count). The standard InChI is InChI=1S/C9H20N2O5S2/c1-8(12)6-10-3-4-11-18(15,16)9-2-5-17(13,14)7-9/h8-12H,2-7H2,1H3. The quantitative estimate of drug-likeness (QED) is 0.472. The van der Waals surface area contributed by atoms with Crippen LogP contribution in [0.5, 0.6) is 0 Å². The van der Waals surface area contributed by atoms with Gasteiger partial charge in [-0.1, -0.05) is 0 Å². The second kappa shape index (κ2) is 6.29. The van der Waals surface area contributed by atoms with E-state index in [4.69, 9.17) is 5.11 Å². The third-order valence-corrected chi connectivity index (χ3v) is 6.54. The van der Waals surface area contributed by atoms with Crippen molar-refractivity contribution in [2.45, 2.75) is 24.7 Å². The fourth-order valence-electron chi connectivity index (χ4n) is 1.72. The van der Waals surface area contributed by atoms with Crippen LogP contribution in [0.2, 0.25) is 0 Å². The Morgan fingerprint density at radius 1 is 1.39 bits per heavy atom. The summed E-state index contributed by atoms with van der Waals surface area (Å²) in [6.45, 7) is 2.59. The van der Waals surface area contributed by atoms with Crippen LogP contribution in [-0.2, 0) is 19.9 Å². The molecular formula is C9H20N2O5S2. The summed E-state index contributed by atoms with van der Waals surface area (Å²) in [5.74, 6) is -0.345. The van der Waals surface area contributed by atoms with Gasteiger partial charge in [-0.15, -0.1) is 0 Å². The molecular weight excluding hydrogens is 280 g/mol. The van der Waals surface area contributed by atoms with Crippen LogP contribution < -0.4 is 10.0 Å². The molecule has 2 atom stereocenters. The van der Waals surface area contributed by atoms with Gasteiger partial charge in [0, 0.05) is 19.6 Å². The van der Waals surface area contributed by atoms with Gasteiger partial charge in [0.2, 0.25) is 10.0 Å². The van der Waals surface area contributed by atoms with Gasteiger partial charge in [-0.05, 0) is 13.3 Å². The van der Waals surface area contributed by atoms with Gasteiger partial charge in [-0.2, -0.15) is 0 Å². The van der Waals surface area contributed by atoms with E-state index in [0.717, 1.165) is 0 Å². The molecule has 0 aromatic heterocycles. The van der Waals surface area contributed by atoms with Crippen molar-refractivity contribution in [3.63, 3.8) is 0 Å². The molecule has 0 bridgehead atoms. The third-order valence-electron chi connectivity index (χ3n) is 2.67. The second-order valence-electron chi connectivity index (χ2n) is 4.52. The molecule has 1 aliphatic rings. The molecule has 0 aromatic carbocycles. The molecule has 0 aliphatic carbocycles. The molecule has 18 heavy (non-hydrogen) atoms. The molecule has 0 amide bonds. The van der Waals surface area contributed by atoms with Gasteiger partial charge in [0.15, 0.2) is 9.84 Å². The Hall–Kier alpha value is -0.220. The SMILES string of the molecule is CC(O)CNCCNS(=O)(=O)C1CCS(=O)(=O)C1. The maximum Gasteiger partial charge on any atom is 0.215 e. The summed E-state index contributed by atoms with van der Waals surface area (Å²) >= 11 is 0. The lowest BCUT2D eigenvalue weighted by molar-refractivity contribution is 0.192. The Bertz CT molecular complexity index is 457. The molecule has 9 heteroatoms. The number of hydrogen-bond acceptors (Lipinski definition) is 6. The fourth-order valence-corrected chi connectivity index (χ4v) is 5.80. The summed E-state index contributed by atoms with van der Waals surface area (Å²) < 4.78 is 48.3. The lowest BCUT2D eigenvalue weighted by Crippen LogP contribution is -2.39. The fraction of sp³-hybridized carbons (Fsp3) is 1.00. The van der Waals surface area contributed by atoms with Gasteiger partial charge in [0.25, 0.3) is 0 Å². The van der Waals surface area contributed by atoms with Gasteiger partial charge in [-0.25, -0.2) is 21.6 Å². The monoisotopic (exact) mass is 300 g/mol. The first-order valence-corrected chi connectivity index (χ1v) is 9.17. The molecule has 0 spiro atoms. The topological polar surface area (TPSA) is 113 Å². The zero-order valence-electron chi connectivity index (χ0n) is 10.3. The predicted octanol–water partition coefficient (Wildman–Crippen LogP) is -1.94. The zero-order chi connectivity index (χ0) is 13.8. The van der Waals surface area contributed by atoms with E-state index in [2.05, 4.69) is 10.0 Å². The van der Waals surface area contributed by atoms with Crippen LogP contribution in [0.25, 0.3) is 0 Å². The number of hydrogen-bond donors (Lipinski definition) is 3. The van der Waals surface area contributed by atoms with E-state index in [1.165, 1.54) is 0 Å². The number of aliphatic hydroxyl groups excluding tert-OH is 1. The highest BCUT2D eigenvalue weighted by molar-refractivity contribution is 7.95. The van der Waals surface area contributed by atoms with Crippen LogP contribution in [0, 0.1) is 0 Å². The van der Waals surface area contributed by atoms with Crippen LogP contribution in [0.15, 0.2) is 0 Å². The smallest absolute Gasteiger partial charge is 0.215 e. The average molecular weight is 300 g/mol. The minimum absolute atomic E-state index is 0.0567. The lowest BCUT2D eigenvalue weighted by Gasteiger charge is -2.12. The molecule has 2 unspecified atom stereocenters. The summed E-state index contributed by atoms with van der Waals surface area (Å²) in [5.41, 5.74) is 0. The summed E-state index contributed by atoms with van der Waals surface area (Å²) in [7, 11) is -6.76. The molecule has 108 valence electrons. The first-order chi connectivity index (χ1) is 8.23. The van der Waals surface area contributed by atoms with Crippen molar-refractivity contribution in [2.24, 2.45) is 0 Å². The minimum atomic E-state index is -3.56. The van der Waals surface area contributed by atoms with Gasteiger partial charge in [-0.3, -0.25) is 0 Å². The molecule has 1 heterocycles. The van der Waals surface area contributed by atoms with E-state index >= 15 is 0 Å². The van der Waals surface area contributed by atoms with Gasteiger partial charge < -0.3 is 10.4 Å². The highest BCUT2D eigenvalue weighted by Crippen LogP contribution is 2.17. The van der Waals surface area contributed by atoms with Crippen molar-refractivity contribution < 1.29 is 21.9 Å². The van der Waals surface area contributed by atoms with Crippen LogP contribution in [0.1, 0.15) is 13.3 Å². The Kier molecular flexibility index (Phi) is 5.53. The van der Waals surface area contributed by atoms with E-state index in [-0.39, 0.29) is 24.5 Å².